The lowest BCUT2D eigenvalue weighted by atomic mass is 10.2. The SMILES string of the molecule is NC1=NC=C(Cl)NC1(Cl)/C=N/Sc1ccccc1[N+](=O)[O-]. The number of nitrogens with one attached hydrogen (secondary N) is 1. The number of benzene rings is 1. The van der Waals surface area contributed by atoms with Gasteiger partial charge in [0.1, 0.15) is 15.9 Å². The Morgan fingerprint density at radius 2 is 2.24 bits per heavy atom. The van der Waals surface area contributed by atoms with Gasteiger partial charge in [-0.2, -0.15) is 0 Å². The van der Waals surface area contributed by atoms with Crippen LogP contribution in [-0.4, -0.2) is 22.0 Å². The van der Waals surface area contributed by atoms with Crippen molar-refractivity contribution in [3.8, 4) is 0 Å². The summed E-state index contributed by atoms with van der Waals surface area (Å²) in [7, 11) is 0. The van der Waals surface area contributed by atoms with Gasteiger partial charge in [-0.3, -0.25) is 10.1 Å². The zero-order valence-electron chi connectivity index (χ0n) is 10.4. The van der Waals surface area contributed by atoms with Gasteiger partial charge >= 0.3 is 0 Å². The predicted octanol–water partition coefficient (Wildman–Crippen LogP) is 2.61. The fourth-order valence-electron chi connectivity index (χ4n) is 1.43. The summed E-state index contributed by atoms with van der Waals surface area (Å²) >= 11 is 12.9. The van der Waals surface area contributed by atoms with Crippen molar-refractivity contribution in [2.45, 2.75) is 9.89 Å². The molecule has 0 aliphatic carbocycles. The number of hydrogen-bond donors (Lipinski definition) is 2. The van der Waals surface area contributed by atoms with Crippen LogP contribution in [0.25, 0.3) is 0 Å². The molecule has 1 aliphatic rings. The van der Waals surface area contributed by atoms with Gasteiger partial charge in [0.2, 0.25) is 5.00 Å². The van der Waals surface area contributed by atoms with Crippen LogP contribution in [0.15, 0.2) is 49.9 Å². The third-order valence-corrected chi connectivity index (χ3v) is 3.77. The fourth-order valence-corrected chi connectivity index (χ4v) is 2.63. The number of aliphatic imine (C=N–C) groups is 1. The van der Waals surface area contributed by atoms with Gasteiger partial charge < -0.3 is 11.1 Å². The van der Waals surface area contributed by atoms with Crippen molar-refractivity contribution in [2.75, 3.05) is 0 Å². The number of nitro benzene ring substituents is 1. The summed E-state index contributed by atoms with van der Waals surface area (Å²) in [4.78, 5) is 13.3. The average molecular weight is 346 g/mol. The third-order valence-electron chi connectivity index (χ3n) is 2.43. The van der Waals surface area contributed by atoms with Crippen LogP contribution in [0.1, 0.15) is 0 Å². The molecule has 0 bridgehead atoms. The zero-order chi connectivity index (χ0) is 15.5. The van der Waals surface area contributed by atoms with E-state index in [1.54, 1.807) is 18.2 Å². The number of para-hydroxylation sites is 1. The van der Waals surface area contributed by atoms with Gasteiger partial charge in [0.25, 0.3) is 5.69 Å². The van der Waals surface area contributed by atoms with E-state index in [0.29, 0.717) is 4.90 Å². The van der Waals surface area contributed by atoms with E-state index in [2.05, 4.69) is 14.7 Å². The molecule has 0 spiro atoms. The number of nitrogens with zero attached hydrogens (tertiary/aromatic N) is 3. The molecule has 21 heavy (non-hydrogen) atoms. The number of nitrogens with two attached hydrogens (primary N) is 1. The van der Waals surface area contributed by atoms with E-state index in [1.807, 2.05) is 0 Å². The van der Waals surface area contributed by atoms with E-state index in [0.717, 1.165) is 11.9 Å². The van der Waals surface area contributed by atoms with E-state index in [-0.39, 0.29) is 16.7 Å². The molecule has 2 rings (SSSR count). The van der Waals surface area contributed by atoms with Crippen LogP contribution in [-0.2, 0) is 0 Å². The lowest BCUT2D eigenvalue weighted by molar-refractivity contribution is -0.387. The normalized spacial score (nSPS) is 21.6. The van der Waals surface area contributed by atoms with Crippen LogP contribution < -0.4 is 11.1 Å². The molecular weight excluding hydrogens is 337 g/mol. The molecule has 0 saturated carbocycles. The topological polar surface area (TPSA) is 106 Å². The Hall–Kier alpha value is -1.77. The molecule has 0 aromatic heterocycles. The molecule has 0 saturated heterocycles. The summed E-state index contributed by atoms with van der Waals surface area (Å²) in [5.74, 6) is 0.0699. The second-order valence-electron chi connectivity index (χ2n) is 3.88. The standard InChI is InChI=1S/C11H9Cl2N5O2S/c12-9-5-15-10(14)11(13,17-9)6-16-21-8-4-2-1-3-7(8)18(19)20/h1-6,17H,(H2,14,15)/b16-6+. The maximum atomic E-state index is 10.9. The van der Waals surface area contributed by atoms with Gasteiger partial charge in [0.05, 0.1) is 17.3 Å². The average Bonchev–Trinajstić information content (AvgIpc) is 2.43. The van der Waals surface area contributed by atoms with Crippen LogP contribution >= 0.6 is 35.1 Å². The summed E-state index contributed by atoms with van der Waals surface area (Å²) in [5.41, 5.74) is 5.63. The van der Waals surface area contributed by atoms with Gasteiger partial charge in [0, 0.05) is 18.0 Å². The van der Waals surface area contributed by atoms with Gasteiger partial charge in [0.15, 0.2) is 0 Å². The lowest BCUT2D eigenvalue weighted by Crippen LogP contribution is -2.52. The Morgan fingerprint density at radius 3 is 2.95 bits per heavy atom. The minimum absolute atomic E-state index is 0.0422. The van der Waals surface area contributed by atoms with Gasteiger partial charge in [-0.15, -0.1) is 0 Å². The molecule has 10 heteroatoms. The van der Waals surface area contributed by atoms with Crippen molar-refractivity contribution in [3.63, 3.8) is 0 Å². The van der Waals surface area contributed by atoms with Gasteiger partial charge in [-0.1, -0.05) is 35.3 Å². The van der Waals surface area contributed by atoms with Crippen molar-refractivity contribution in [1.29, 1.82) is 0 Å². The van der Waals surface area contributed by atoms with E-state index < -0.39 is 9.92 Å². The number of halogens is 2. The maximum absolute atomic E-state index is 10.9. The zero-order valence-corrected chi connectivity index (χ0v) is 12.7. The highest BCUT2D eigenvalue weighted by Gasteiger charge is 2.32. The minimum Gasteiger partial charge on any atom is -0.384 e. The molecule has 1 aromatic rings. The highest BCUT2D eigenvalue weighted by molar-refractivity contribution is 7.98. The highest BCUT2D eigenvalue weighted by Crippen LogP contribution is 2.30. The number of nitro groups is 1. The first-order valence-electron chi connectivity index (χ1n) is 5.54. The largest absolute Gasteiger partial charge is 0.384 e. The lowest BCUT2D eigenvalue weighted by Gasteiger charge is -2.26. The van der Waals surface area contributed by atoms with Gasteiger partial charge in [-0.05, 0) is 6.07 Å². The number of hydrogen-bond acceptors (Lipinski definition) is 7. The van der Waals surface area contributed by atoms with Gasteiger partial charge in [-0.25, -0.2) is 9.39 Å². The first-order valence-corrected chi connectivity index (χ1v) is 7.07. The van der Waals surface area contributed by atoms with Crippen molar-refractivity contribution in [3.05, 3.63) is 45.7 Å². The number of alkyl halides is 1. The van der Waals surface area contributed by atoms with E-state index in [1.165, 1.54) is 18.5 Å². The van der Waals surface area contributed by atoms with Crippen molar-refractivity contribution >= 4 is 52.9 Å². The molecule has 1 unspecified atom stereocenters. The quantitative estimate of drug-likeness (QED) is 0.218. The van der Waals surface area contributed by atoms with Crippen LogP contribution in [0.4, 0.5) is 5.69 Å². The van der Waals surface area contributed by atoms with Crippen LogP contribution in [0.2, 0.25) is 0 Å². The molecule has 1 aromatic carbocycles. The first kappa shape index (κ1) is 15.6. The molecule has 0 fully saturated rings. The van der Waals surface area contributed by atoms with E-state index >= 15 is 0 Å². The molecule has 0 amide bonds. The van der Waals surface area contributed by atoms with Crippen LogP contribution in [0.5, 0.6) is 0 Å². The molecule has 3 N–H and O–H groups in total. The van der Waals surface area contributed by atoms with E-state index in [4.69, 9.17) is 28.9 Å². The molecule has 110 valence electrons. The summed E-state index contributed by atoms with van der Waals surface area (Å²) in [5, 5.41) is 13.8. The van der Waals surface area contributed by atoms with Crippen LogP contribution in [0.3, 0.4) is 0 Å². The maximum Gasteiger partial charge on any atom is 0.284 e. The molecular formula is C11H9Cl2N5O2S. The minimum atomic E-state index is -1.36. The highest BCUT2D eigenvalue weighted by atomic mass is 35.5. The molecule has 1 atom stereocenters. The smallest absolute Gasteiger partial charge is 0.284 e. The predicted molar refractivity (Wildman–Crippen MR) is 84.7 cm³/mol. The third kappa shape index (κ3) is 3.66. The Bertz CT molecular complexity index is 664. The van der Waals surface area contributed by atoms with Crippen molar-refractivity contribution < 1.29 is 4.92 Å². The molecule has 7 nitrogen and oxygen atoms in total. The monoisotopic (exact) mass is 345 g/mol. The second-order valence-corrected chi connectivity index (χ2v) is 5.72. The molecule has 1 aliphatic heterocycles. The summed E-state index contributed by atoms with van der Waals surface area (Å²) in [6, 6.07) is 6.23. The van der Waals surface area contributed by atoms with E-state index in [9.17, 15) is 10.1 Å². The molecule has 0 radical (unpaired) electrons. The Morgan fingerprint density at radius 1 is 1.52 bits per heavy atom. The number of rotatable bonds is 4. The Labute approximate surface area is 134 Å². The second kappa shape index (κ2) is 6.33. The summed E-state index contributed by atoms with van der Waals surface area (Å²) < 4.78 is 4.01. The fraction of sp³-hybridized carbons (Fsp3) is 0.0909. The Balaban J connectivity index is 2.15. The summed E-state index contributed by atoms with van der Waals surface area (Å²) in [6.45, 7) is 0. The number of amidine groups is 1. The summed E-state index contributed by atoms with van der Waals surface area (Å²) in [6.07, 6.45) is 2.60. The van der Waals surface area contributed by atoms with Crippen molar-refractivity contribution in [2.24, 2.45) is 15.1 Å². The van der Waals surface area contributed by atoms with Crippen LogP contribution in [0, 0.1) is 10.1 Å². The van der Waals surface area contributed by atoms with Crippen molar-refractivity contribution in [1.82, 2.24) is 5.32 Å². The Kier molecular flexibility index (Phi) is 4.71. The molecule has 1 heterocycles. The first-order chi connectivity index (χ1) is 9.92.